The van der Waals surface area contributed by atoms with Crippen LogP contribution in [0.15, 0.2) is 0 Å². The molecule has 0 bridgehead atoms. The number of rotatable bonds is 2. The third-order valence-corrected chi connectivity index (χ3v) is 0.500. The lowest BCUT2D eigenvalue weighted by Crippen LogP contribution is -2.09. The molecule has 0 aromatic heterocycles. The molecule has 74 valence electrons. The molecular formula is C8H19NO3. The molecule has 0 aliphatic heterocycles. The Bertz CT molecular complexity index is 83.5. The predicted molar refractivity (Wildman–Crippen MR) is 46.6 cm³/mol. The zero-order valence-electron chi connectivity index (χ0n) is 8.26. The summed E-state index contributed by atoms with van der Waals surface area (Å²) in [5.74, 6) is 0. The van der Waals surface area contributed by atoms with Crippen molar-refractivity contribution < 1.29 is 14.7 Å². The molecule has 0 aromatic rings. The van der Waals surface area contributed by atoms with Crippen LogP contribution in [0.25, 0.3) is 0 Å². The summed E-state index contributed by atoms with van der Waals surface area (Å²) in [6.07, 6.45) is 0.0833. The van der Waals surface area contributed by atoms with E-state index in [0.29, 0.717) is 0 Å². The zero-order chi connectivity index (χ0) is 10.4. The van der Waals surface area contributed by atoms with Crippen molar-refractivity contribution in [3.05, 3.63) is 0 Å². The van der Waals surface area contributed by atoms with E-state index in [1.54, 1.807) is 13.8 Å². The van der Waals surface area contributed by atoms with Gasteiger partial charge in [-0.05, 0) is 26.9 Å². The van der Waals surface area contributed by atoms with Crippen molar-refractivity contribution in [3.8, 4) is 0 Å². The van der Waals surface area contributed by atoms with E-state index < -0.39 is 0 Å². The Morgan fingerprint density at radius 1 is 1.25 bits per heavy atom. The first-order valence-electron chi connectivity index (χ1n) is 3.94. The first-order valence-corrected chi connectivity index (χ1v) is 3.94. The molecule has 0 amide bonds. The quantitative estimate of drug-likeness (QED) is 0.641. The van der Waals surface area contributed by atoms with Gasteiger partial charge in [-0.15, -0.1) is 0 Å². The average molecular weight is 177 g/mol. The third-order valence-electron chi connectivity index (χ3n) is 0.500. The van der Waals surface area contributed by atoms with E-state index in [9.17, 15) is 0 Å². The van der Waals surface area contributed by atoms with Crippen LogP contribution in [0.1, 0.15) is 27.7 Å². The minimum Gasteiger partial charge on any atom is -0.394 e. The van der Waals surface area contributed by atoms with Gasteiger partial charge < -0.3 is 10.4 Å². The van der Waals surface area contributed by atoms with Crippen LogP contribution in [-0.4, -0.2) is 30.5 Å². The maximum Gasteiger partial charge on any atom is 0.373 e. The van der Waals surface area contributed by atoms with Crippen molar-refractivity contribution in [2.24, 2.45) is 0 Å². The first-order chi connectivity index (χ1) is 5.56. The number of hydrogen-bond donors (Lipinski definition) is 2. The SMILES string of the molecule is CC(C)O.CCNCC.O=C=O. The molecule has 0 spiro atoms. The van der Waals surface area contributed by atoms with Crippen LogP contribution in [-0.2, 0) is 9.59 Å². The maximum atomic E-state index is 8.12. The van der Waals surface area contributed by atoms with Gasteiger partial charge in [-0.1, -0.05) is 13.8 Å². The lowest BCUT2D eigenvalue weighted by Gasteiger charge is -1.86. The largest absolute Gasteiger partial charge is 0.394 e. The van der Waals surface area contributed by atoms with Gasteiger partial charge in [0.25, 0.3) is 0 Å². The van der Waals surface area contributed by atoms with Crippen molar-refractivity contribution >= 4 is 6.15 Å². The molecule has 0 aromatic carbocycles. The fourth-order valence-electron chi connectivity index (χ4n) is 0.250. The topological polar surface area (TPSA) is 66.4 Å². The lowest BCUT2D eigenvalue weighted by atomic mass is 10.5. The monoisotopic (exact) mass is 177 g/mol. The number of nitrogens with one attached hydrogen (secondary N) is 1. The van der Waals surface area contributed by atoms with E-state index in [1.165, 1.54) is 0 Å². The molecular weight excluding hydrogens is 158 g/mol. The number of carbonyl (C=O) groups excluding carboxylic acids is 2. The molecule has 0 heterocycles. The summed E-state index contributed by atoms with van der Waals surface area (Å²) in [6.45, 7) is 9.83. The van der Waals surface area contributed by atoms with Crippen LogP contribution in [0.3, 0.4) is 0 Å². The summed E-state index contributed by atoms with van der Waals surface area (Å²) in [5, 5.41) is 11.2. The van der Waals surface area contributed by atoms with E-state index in [0.717, 1.165) is 13.1 Å². The molecule has 4 nitrogen and oxygen atoms in total. The lowest BCUT2D eigenvalue weighted by molar-refractivity contribution is -0.191. The molecule has 0 saturated heterocycles. The van der Waals surface area contributed by atoms with Crippen LogP contribution < -0.4 is 5.32 Å². The van der Waals surface area contributed by atoms with Crippen LogP contribution >= 0.6 is 0 Å². The van der Waals surface area contributed by atoms with Gasteiger partial charge in [-0.25, -0.2) is 0 Å². The van der Waals surface area contributed by atoms with Crippen molar-refractivity contribution in [2.45, 2.75) is 33.8 Å². The maximum absolute atomic E-state index is 8.12. The van der Waals surface area contributed by atoms with E-state index in [1.807, 2.05) is 0 Å². The minimum atomic E-state index is -0.167. The Morgan fingerprint density at radius 3 is 1.42 bits per heavy atom. The molecule has 4 heteroatoms. The Morgan fingerprint density at radius 2 is 1.42 bits per heavy atom. The highest BCUT2D eigenvalue weighted by Gasteiger charge is 1.69. The van der Waals surface area contributed by atoms with Crippen molar-refractivity contribution in [3.63, 3.8) is 0 Å². The Labute approximate surface area is 74.0 Å². The molecule has 0 aliphatic rings. The first kappa shape index (κ1) is 17.4. The molecule has 2 N–H and O–H groups in total. The summed E-state index contributed by atoms with van der Waals surface area (Å²) in [6, 6.07) is 0. The molecule has 0 atom stereocenters. The Hall–Kier alpha value is -0.700. The highest BCUT2D eigenvalue weighted by atomic mass is 16.3. The normalized spacial score (nSPS) is 7.17. The van der Waals surface area contributed by atoms with Gasteiger partial charge in [0.15, 0.2) is 0 Å². The second-order valence-electron chi connectivity index (χ2n) is 2.13. The molecule has 12 heavy (non-hydrogen) atoms. The van der Waals surface area contributed by atoms with E-state index in [2.05, 4.69) is 19.2 Å². The van der Waals surface area contributed by atoms with Crippen molar-refractivity contribution in [1.29, 1.82) is 0 Å². The van der Waals surface area contributed by atoms with Gasteiger partial charge in [0.1, 0.15) is 0 Å². The smallest absolute Gasteiger partial charge is 0.373 e. The molecule has 0 unspecified atom stereocenters. The van der Waals surface area contributed by atoms with Crippen LogP contribution in [0.2, 0.25) is 0 Å². The predicted octanol–water partition coefficient (Wildman–Crippen LogP) is 0.419. The standard InChI is InChI=1S/C4H11N.C3H8O.CO2/c1-3-5-4-2;1-3(2)4;2-1-3/h5H,3-4H2,1-2H3;3-4H,1-2H3;. The van der Waals surface area contributed by atoms with E-state index in [4.69, 9.17) is 14.7 Å². The number of aliphatic hydroxyl groups is 1. The molecule has 0 fully saturated rings. The fraction of sp³-hybridized carbons (Fsp3) is 0.875. The molecule has 0 aliphatic carbocycles. The van der Waals surface area contributed by atoms with Gasteiger partial charge in [0, 0.05) is 6.10 Å². The summed E-state index contributed by atoms with van der Waals surface area (Å²) in [4.78, 5) is 16.2. The minimum absolute atomic E-state index is 0.167. The average Bonchev–Trinajstić information content (AvgIpc) is 1.89. The Balaban J connectivity index is -0.000000105. The third kappa shape index (κ3) is 379. The number of aliphatic hydroxyl groups excluding tert-OH is 1. The summed E-state index contributed by atoms with van der Waals surface area (Å²) < 4.78 is 0. The van der Waals surface area contributed by atoms with Crippen molar-refractivity contribution in [2.75, 3.05) is 13.1 Å². The highest BCUT2D eigenvalue weighted by molar-refractivity contribution is 5.20. The second-order valence-corrected chi connectivity index (χ2v) is 2.13. The Kier molecular flexibility index (Phi) is 32.5. The number of hydrogen-bond acceptors (Lipinski definition) is 4. The van der Waals surface area contributed by atoms with Gasteiger partial charge in [-0.3, -0.25) is 0 Å². The van der Waals surface area contributed by atoms with Gasteiger partial charge in [-0.2, -0.15) is 9.59 Å². The summed E-state index contributed by atoms with van der Waals surface area (Å²) >= 11 is 0. The van der Waals surface area contributed by atoms with E-state index >= 15 is 0 Å². The zero-order valence-corrected chi connectivity index (χ0v) is 8.26. The summed E-state index contributed by atoms with van der Waals surface area (Å²) in [7, 11) is 0. The van der Waals surface area contributed by atoms with Gasteiger partial charge in [0.05, 0.1) is 0 Å². The summed E-state index contributed by atoms with van der Waals surface area (Å²) in [5.41, 5.74) is 0. The van der Waals surface area contributed by atoms with Gasteiger partial charge >= 0.3 is 6.15 Å². The highest BCUT2D eigenvalue weighted by Crippen LogP contribution is 1.65. The molecule has 0 radical (unpaired) electrons. The fourth-order valence-corrected chi connectivity index (χ4v) is 0.250. The van der Waals surface area contributed by atoms with E-state index in [-0.39, 0.29) is 12.3 Å². The van der Waals surface area contributed by atoms with Crippen LogP contribution in [0.5, 0.6) is 0 Å². The molecule has 0 rings (SSSR count). The van der Waals surface area contributed by atoms with Crippen LogP contribution in [0.4, 0.5) is 0 Å². The van der Waals surface area contributed by atoms with Crippen LogP contribution in [0, 0.1) is 0 Å². The molecule has 0 saturated carbocycles. The van der Waals surface area contributed by atoms with Gasteiger partial charge in [0.2, 0.25) is 0 Å². The van der Waals surface area contributed by atoms with Crippen molar-refractivity contribution in [1.82, 2.24) is 5.32 Å². The second kappa shape index (κ2) is 22.4.